The van der Waals surface area contributed by atoms with Crippen LogP contribution in [0.25, 0.3) is 0 Å². The van der Waals surface area contributed by atoms with E-state index >= 15 is 0 Å². The normalized spacial score (nSPS) is 31.5. The molecule has 1 N–H and O–H groups in total. The Morgan fingerprint density at radius 2 is 2.64 bits per heavy atom. The number of nitrogens with one attached hydrogen (secondary N) is 1. The minimum atomic E-state index is -0.173. The van der Waals surface area contributed by atoms with Crippen molar-refractivity contribution in [2.75, 3.05) is 6.61 Å². The van der Waals surface area contributed by atoms with Gasteiger partial charge in [0.1, 0.15) is 6.04 Å². The molecule has 0 aromatic heterocycles. The summed E-state index contributed by atoms with van der Waals surface area (Å²) in [5, 5.41) is 3.06. The van der Waals surface area contributed by atoms with Gasteiger partial charge in [0, 0.05) is 7.41 Å². The van der Waals surface area contributed by atoms with E-state index in [1.54, 1.807) is 6.92 Å². The summed E-state index contributed by atoms with van der Waals surface area (Å²) in [5.41, 5.74) is 0. The Labute approximate surface area is 68.5 Å². The summed E-state index contributed by atoms with van der Waals surface area (Å²) in [7, 11) is 0. The minimum absolute atomic E-state index is 0.166. The highest BCUT2D eigenvalue weighted by Crippen LogP contribution is 2.12. The molecule has 1 rings (SSSR count). The molecule has 1 fully saturated rings. The number of hydrogen-bond donors (Lipinski definition) is 1. The van der Waals surface area contributed by atoms with E-state index in [-0.39, 0.29) is 18.1 Å². The van der Waals surface area contributed by atoms with Crippen LogP contribution in [0.1, 0.15) is 28.0 Å². The molecule has 3 heteroatoms. The van der Waals surface area contributed by atoms with Crippen molar-refractivity contribution in [2.24, 2.45) is 0 Å². The monoisotopic (exact) mass is 158 g/mol. The Morgan fingerprint density at radius 1 is 1.82 bits per heavy atom. The summed E-state index contributed by atoms with van der Waals surface area (Å²) < 4.78 is 12.0. The standard InChI is InChI=1S/C8H15NO2/c1-3-11-8(10)7-5-4-6(2)9-7/h6-7,9H,3-5H2,1-2H3/t6-,7+/m1/s1/i2D. The lowest BCUT2D eigenvalue weighted by Crippen LogP contribution is -2.35. The summed E-state index contributed by atoms with van der Waals surface area (Å²) in [6, 6.07) is 0.0136. The molecule has 0 aromatic carbocycles. The highest BCUT2D eigenvalue weighted by atomic mass is 16.5. The van der Waals surface area contributed by atoms with Gasteiger partial charge >= 0.3 is 5.97 Å². The summed E-state index contributed by atoms with van der Waals surface area (Å²) in [4.78, 5) is 11.2. The first-order valence-corrected chi connectivity index (χ1v) is 3.99. The van der Waals surface area contributed by atoms with Crippen LogP contribution in [0, 0.1) is 0 Å². The molecule has 0 aliphatic carbocycles. The van der Waals surface area contributed by atoms with Crippen LogP contribution in [-0.2, 0) is 9.53 Å². The number of rotatable bonds is 2. The molecule has 1 saturated heterocycles. The zero-order chi connectivity index (χ0) is 8.97. The second-order valence-electron chi connectivity index (χ2n) is 2.75. The highest BCUT2D eigenvalue weighted by molar-refractivity contribution is 5.76. The van der Waals surface area contributed by atoms with E-state index < -0.39 is 0 Å². The summed E-state index contributed by atoms with van der Waals surface area (Å²) in [5.74, 6) is -0.173. The van der Waals surface area contributed by atoms with Crippen LogP contribution in [0.15, 0.2) is 0 Å². The van der Waals surface area contributed by atoms with Gasteiger partial charge in [-0.15, -0.1) is 0 Å². The van der Waals surface area contributed by atoms with Crippen molar-refractivity contribution in [1.82, 2.24) is 5.32 Å². The van der Waals surface area contributed by atoms with Crippen molar-refractivity contribution >= 4 is 5.97 Å². The van der Waals surface area contributed by atoms with Crippen molar-refractivity contribution in [3.63, 3.8) is 0 Å². The topological polar surface area (TPSA) is 38.3 Å². The molecule has 0 bridgehead atoms. The van der Waals surface area contributed by atoms with Gasteiger partial charge in [-0.25, -0.2) is 0 Å². The van der Waals surface area contributed by atoms with Crippen LogP contribution in [0.5, 0.6) is 0 Å². The summed E-state index contributed by atoms with van der Waals surface area (Å²) in [6.07, 6.45) is 1.72. The van der Waals surface area contributed by atoms with E-state index in [2.05, 4.69) is 5.32 Å². The van der Waals surface area contributed by atoms with Gasteiger partial charge in [0.25, 0.3) is 0 Å². The maximum Gasteiger partial charge on any atom is 0.323 e. The molecule has 11 heavy (non-hydrogen) atoms. The average Bonchev–Trinajstić information content (AvgIpc) is 2.52. The number of hydrogen-bond acceptors (Lipinski definition) is 3. The van der Waals surface area contributed by atoms with E-state index in [1.807, 2.05) is 0 Å². The SMILES string of the molecule is [2H]C[C@@H]1CC[C@@H](C(=O)OCC)N1. The Kier molecular flexibility index (Phi) is 2.40. The van der Waals surface area contributed by atoms with E-state index in [0.29, 0.717) is 13.5 Å². The molecule has 2 atom stereocenters. The van der Waals surface area contributed by atoms with Crippen LogP contribution in [0.4, 0.5) is 0 Å². The number of ether oxygens (including phenoxy) is 1. The van der Waals surface area contributed by atoms with Crippen LogP contribution in [0.3, 0.4) is 0 Å². The van der Waals surface area contributed by atoms with E-state index in [0.717, 1.165) is 12.8 Å². The van der Waals surface area contributed by atoms with Crippen molar-refractivity contribution in [2.45, 2.75) is 38.7 Å². The minimum Gasteiger partial charge on any atom is -0.465 e. The predicted octanol–water partition coefficient (Wildman–Crippen LogP) is 0.690. The Morgan fingerprint density at radius 3 is 3.18 bits per heavy atom. The lowest BCUT2D eigenvalue weighted by Gasteiger charge is -2.09. The Balaban J connectivity index is 2.31. The van der Waals surface area contributed by atoms with Gasteiger partial charge in [0.2, 0.25) is 0 Å². The first-order chi connectivity index (χ1) is 5.77. The average molecular weight is 158 g/mol. The first-order valence-electron chi connectivity index (χ1n) is 4.70. The third-order valence-corrected chi connectivity index (χ3v) is 1.81. The molecule has 0 spiro atoms. The molecule has 0 unspecified atom stereocenters. The van der Waals surface area contributed by atoms with Crippen molar-refractivity contribution < 1.29 is 10.9 Å². The van der Waals surface area contributed by atoms with Crippen LogP contribution in [0.2, 0.25) is 0 Å². The molecule has 0 radical (unpaired) electrons. The fraction of sp³-hybridized carbons (Fsp3) is 0.875. The van der Waals surface area contributed by atoms with Gasteiger partial charge in [0.15, 0.2) is 0 Å². The predicted molar refractivity (Wildman–Crippen MR) is 42.3 cm³/mol. The summed E-state index contributed by atoms with van der Waals surface area (Å²) in [6.45, 7) is 2.58. The lowest BCUT2D eigenvalue weighted by molar-refractivity contribution is -0.145. The van der Waals surface area contributed by atoms with Gasteiger partial charge in [-0.2, -0.15) is 0 Å². The maximum atomic E-state index is 11.2. The lowest BCUT2D eigenvalue weighted by atomic mass is 10.2. The van der Waals surface area contributed by atoms with E-state index in [4.69, 9.17) is 6.11 Å². The first kappa shape index (κ1) is 7.10. The molecule has 1 aliphatic rings. The van der Waals surface area contributed by atoms with Gasteiger partial charge in [-0.1, -0.05) is 0 Å². The maximum absolute atomic E-state index is 11.2. The largest absolute Gasteiger partial charge is 0.465 e. The molecular weight excluding hydrogens is 142 g/mol. The smallest absolute Gasteiger partial charge is 0.323 e. The summed E-state index contributed by atoms with van der Waals surface area (Å²) >= 11 is 0. The molecule has 1 aliphatic heterocycles. The van der Waals surface area contributed by atoms with Gasteiger partial charge in [-0.3, -0.25) is 4.79 Å². The molecule has 3 nitrogen and oxygen atoms in total. The van der Waals surface area contributed by atoms with Crippen LogP contribution >= 0.6 is 0 Å². The second-order valence-corrected chi connectivity index (χ2v) is 2.75. The number of carbonyl (C=O) groups excluding carboxylic acids is 1. The van der Waals surface area contributed by atoms with Crippen molar-refractivity contribution in [3.8, 4) is 0 Å². The fourth-order valence-electron chi connectivity index (χ4n) is 1.25. The Bertz CT molecular complexity index is 163. The van der Waals surface area contributed by atoms with Crippen LogP contribution < -0.4 is 5.32 Å². The van der Waals surface area contributed by atoms with E-state index in [9.17, 15) is 4.79 Å². The molecule has 0 saturated carbocycles. The van der Waals surface area contributed by atoms with Gasteiger partial charge in [-0.05, 0) is 26.7 Å². The second kappa shape index (κ2) is 3.72. The number of carbonyl (C=O) groups is 1. The molecule has 1 heterocycles. The molecule has 64 valence electrons. The zero-order valence-electron chi connectivity index (χ0n) is 7.80. The fourth-order valence-corrected chi connectivity index (χ4v) is 1.25. The molecular formula is C8H15NO2. The zero-order valence-corrected chi connectivity index (χ0v) is 6.80. The quantitative estimate of drug-likeness (QED) is 0.601. The Hall–Kier alpha value is -0.570. The van der Waals surface area contributed by atoms with Gasteiger partial charge in [0.05, 0.1) is 6.61 Å². The third kappa shape index (κ3) is 2.19. The highest BCUT2D eigenvalue weighted by Gasteiger charge is 2.27. The van der Waals surface area contributed by atoms with E-state index in [1.165, 1.54) is 0 Å². The number of esters is 1. The molecule has 0 amide bonds. The van der Waals surface area contributed by atoms with Gasteiger partial charge < -0.3 is 10.1 Å². The molecule has 0 aromatic rings. The third-order valence-electron chi connectivity index (χ3n) is 1.81. The van der Waals surface area contributed by atoms with Crippen LogP contribution in [-0.4, -0.2) is 24.7 Å². The van der Waals surface area contributed by atoms with Crippen molar-refractivity contribution in [1.29, 1.82) is 0 Å². The van der Waals surface area contributed by atoms with Crippen molar-refractivity contribution in [3.05, 3.63) is 0 Å².